The second-order valence-corrected chi connectivity index (χ2v) is 6.94. The van der Waals surface area contributed by atoms with Crippen LogP contribution in [0.3, 0.4) is 0 Å². The van der Waals surface area contributed by atoms with Crippen molar-refractivity contribution in [3.63, 3.8) is 0 Å². The zero-order valence-electron chi connectivity index (χ0n) is 12.0. The predicted octanol–water partition coefficient (Wildman–Crippen LogP) is 1.91. The molecule has 0 amide bonds. The molecule has 20 heavy (non-hydrogen) atoms. The van der Waals surface area contributed by atoms with Crippen molar-refractivity contribution in [2.45, 2.75) is 56.4 Å². The maximum Gasteiger partial charge on any atom is 0.244 e. The molecule has 0 aliphatic heterocycles. The molecule has 1 saturated carbocycles. The Bertz CT molecular complexity index is 532. The summed E-state index contributed by atoms with van der Waals surface area (Å²) in [6, 6.07) is 0. The minimum atomic E-state index is -3.53. The Morgan fingerprint density at radius 2 is 1.90 bits per heavy atom. The van der Waals surface area contributed by atoms with E-state index in [-0.39, 0.29) is 10.4 Å². The number of hydrogen-bond acceptors (Lipinski definition) is 5. The van der Waals surface area contributed by atoms with Gasteiger partial charge < -0.3 is 5.32 Å². The molecule has 1 aromatic rings. The molecular formula is C13H22N4O2S. The van der Waals surface area contributed by atoms with Crippen molar-refractivity contribution in [3.05, 3.63) is 12.4 Å². The molecular weight excluding hydrogens is 276 g/mol. The second-order valence-electron chi connectivity index (χ2n) is 5.26. The molecule has 2 N–H and O–H groups in total. The van der Waals surface area contributed by atoms with Gasteiger partial charge in [-0.25, -0.2) is 23.1 Å². The van der Waals surface area contributed by atoms with Crippen LogP contribution in [0, 0.1) is 0 Å². The van der Waals surface area contributed by atoms with Crippen LogP contribution in [0.15, 0.2) is 17.3 Å². The molecule has 112 valence electrons. The zero-order chi connectivity index (χ0) is 14.6. The van der Waals surface area contributed by atoms with Gasteiger partial charge in [0, 0.05) is 12.1 Å². The monoisotopic (exact) mass is 298 g/mol. The number of aromatic nitrogens is 2. The largest absolute Gasteiger partial charge is 0.354 e. The lowest BCUT2D eigenvalue weighted by Crippen LogP contribution is -2.52. The SMILES string of the molecule is CCCNc1ncc(S(=O)(=O)NC2(CC)CCC2)cn1. The van der Waals surface area contributed by atoms with Gasteiger partial charge in [0.15, 0.2) is 0 Å². The summed E-state index contributed by atoms with van der Waals surface area (Å²) in [4.78, 5) is 8.21. The highest BCUT2D eigenvalue weighted by molar-refractivity contribution is 7.89. The molecule has 0 aromatic carbocycles. The lowest BCUT2D eigenvalue weighted by Gasteiger charge is -2.41. The summed E-state index contributed by atoms with van der Waals surface area (Å²) < 4.78 is 27.4. The summed E-state index contributed by atoms with van der Waals surface area (Å²) in [5.74, 6) is 0.458. The molecule has 0 unspecified atom stereocenters. The average Bonchev–Trinajstić information content (AvgIpc) is 2.41. The standard InChI is InChI=1S/C13H22N4O2S/c1-3-8-14-12-15-9-11(10-16-12)20(18,19)17-13(4-2)6-5-7-13/h9-10,17H,3-8H2,1-2H3,(H,14,15,16). The number of anilines is 1. The lowest BCUT2D eigenvalue weighted by atomic mass is 9.76. The predicted molar refractivity (Wildman–Crippen MR) is 78.0 cm³/mol. The summed E-state index contributed by atoms with van der Waals surface area (Å²) in [5, 5.41) is 3.02. The van der Waals surface area contributed by atoms with Crippen LogP contribution in [0.25, 0.3) is 0 Å². The molecule has 0 bridgehead atoms. The van der Waals surface area contributed by atoms with Crippen LogP contribution in [-0.4, -0.2) is 30.5 Å². The fourth-order valence-corrected chi connectivity index (χ4v) is 3.68. The van der Waals surface area contributed by atoms with Crippen molar-refractivity contribution in [1.82, 2.24) is 14.7 Å². The number of nitrogens with one attached hydrogen (secondary N) is 2. The first-order valence-electron chi connectivity index (χ1n) is 7.11. The van der Waals surface area contributed by atoms with E-state index in [4.69, 9.17) is 0 Å². The van der Waals surface area contributed by atoms with Crippen LogP contribution < -0.4 is 10.0 Å². The highest BCUT2D eigenvalue weighted by atomic mass is 32.2. The summed E-state index contributed by atoms with van der Waals surface area (Å²) >= 11 is 0. The molecule has 0 radical (unpaired) electrons. The Balaban J connectivity index is 2.09. The van der Waals surface area contributed by atoms with Crippen molar-refractivity contribution in [2.24, 2.45) is 0 Å². The third-order valence-corrected chi connectivity index (χ3v) is 5.34. The van der Waals surface area contributed by atoms with Gasteiger partial charge in [-0.15, -0.1) is 0 Å². The average molecular weight is 298 g/mol. The van der Waals surface area contributed by atoms with E-state index in [1.54, 1.807) is 0 Å². The number of hydrogen-bond donors (Lipinski definition) is 2. The summed E-state index contributed by atoms with van der Waals surface area (Å²) in [7, 11) is -3.53. The minimum absolute atomic E-state index is 0.124. The molecule has 1 heterocycles. The Morgan fingerprint density at radius 3 is 2.35 bits per heavy atom. The maximum atomic E-state index is 12.3. The van der Waals surface area contributed by atoms with Crippen LogP contribution in [0.4, 0.5) is 5.95 Å². The first-order chi connectivity index (χ1) is 9.51. The Hall–Kier alpha value is -1.21. The van der Waals surface area contributed by atoms with Crippen molar-refractivity contribution in [3.8, 4) is 0 Å². The quantitative estimate of drug-likeness (QED) is 0.803. The lowest BCUT2D eigenvalue weighted by molar-refractivity contribution is 0.214. The van der Waals surface area contributed by atoms with Gasteiger partial charge in [-0.2, -0.15) is 0 Å². The van der Waals surface area contributed by atoms with Gasteiger partial charge in [0.2, 0.25) is 16.0 Å². The Kier molecular flexibility index (Phi) is 4.59. The highest BCUT2D eigenvalue weighted by Gasteiger charge is 2.39. The summed E-state index contributed by atoms with van der Waals surface area (Å²) in [5.41, 5.74) is -0.266. The molecule has 2 rings (SSSR count). The molecule has 1 aliphatic rings. The van der Waals surface area contributed by atoms with E-state index >= 15 is 0 Å². The van der Waals surface area contributed by atoms with Crippen LogP contribution in [-0.2, 0) is 10.0 Å². The maximum absolute atomic E-state index is 12.3. The van der Waals surface area contributed by atoms with Crippen molar-refractivity contribution in [2.75, 3.05) is 11.9 Å². The van der Waals surface area contributed by atoms with Crippen LogP contribution in [0.2, 0.25) is 0 Å². The topological polar surface area (TPSA) is 84.0 Å². The Morgan fingerprint density at radius 1 is 1.25 bits per heavy atom. The van der Waals surface area contributed by atoms with E-state index < -0.39 is 10.0 Å². The van der Waals surface area contributed by atoms with E-state index in [9.17, 15) is 8.42 Å². The molecule has 0 atom stereocenters. The third-order valence-electron chi connectivity index (χ3n) is 3.81. The van der Waals surface area contributed by atoms with Gasteiger partial charge in [0.1, 0.15) is 4.90 Å². The third kappa shape index (κ3) is 3.27. The van der Waals surface area contributed by atoms with Gasteiger partial charge >= 0.3 is 0 Å². The van der Waals surface area contributed by atoms with Gasteiger partial charge in [-0.1, -0.05) is 13.8 Å². The first-order valence-corrected chi connectivity index (χ1v) is 8.59. The van der Waals surface area contributed by atoms with Crippen LogP contribution in [0.1, 0.15) is 46.0 Å². The Labute approximate surface area is 120 Å². The highest BCUT2D eigenvalue weighted by Crippen LogP contribution is 2.35. The number of rotatable bonds is 7. The smallest absolute Gasteiger partial charge is 0.244 e. The van der Waals surface area contributed by atoms with Gasteiger partial charge in [0.05, 0.1) is 12.4 Å². The fourth-order valence-electron chi connectivity index (χ4n) is 2.26. The second kappa shape index (κ2) is 6.05. The number of sulfonamides is 1. The normalized spacial score (nSPS) is 17.5. The van der Waals surface area contributed by atoms with E-state index in [0.717, 1.165) is 38.6 Å². The van der Waals surface area contributed by atoms with E-state index in [2.05, 4.69) is 20.0 Å². The van der Waals surface area contributed by atoms with Crippen molar-refractivity contribution >= 4 is 16.0 Å². The molecule has 0 saturated heterocycles. The van der Waals surface area contributed by atoms with E-state index in [1.807, 2.05) is 13.8 Å². The molecule has 6 nitrogen and oxygen atoms in total. The van der Waals surface area contributed by atoms with Gasteiger partial charge in [0.25, 0.3) is 0 Å². The van der Waals surface area contributed by atoms with Crippen molar-refractivity contribution in [1.29, 1.82) is 0 Å². The van der Waals surface area contributed by atoms with Crippen LogP contribution >= 0.6 is 0 Å². The van der Waals surface area contributed by atoms with Crippen molar-refractivity contribution < 1.29 is 8.42 Å². The summed E-state index contributed by atoms with van der Waals surface area (Å²) in [6.45, 7) is 4.82. The van der Waals surface area contributed by atoms with E-state index in [1.165, 1.54) is 12.4 Å². The van der Waals surface area contributed by atoms with Gasteiger partial charge in [-0.3, -0.25) is 0 Å². The summed E-state index contributed by atoms with van der Waals surface area (Å²) in [6.07, 6.45) is 7.37. The van der Waals surface area contributed by atoms with Gasteiger partial charge in [-0.05, 0) is 32.1 Å². The molecule has 1 aromatic heterocycles. The fraction of sp³-hybridized carbons (Fsp3) is 0.692. The molecule has 1 fully saturated rings. The number of nitrogens with zero attached hydrogens (tertiary/aromatic N) is 2. The minimum Gasteiger partial charge on any atom is -0.354 e. The first kappa shape index (κ1) is 15.2. The molecule has 1 aliphatic carbocycles. The zero-order valence-corrected chi connectivity index (χ0v) is 12.8. The molecule has 0 spiro atoms. The molecule has 7 heteroatoms. The van der Waals surface area contributed by atoms with Crippen LogP contribution in [0.5, 0.6) is 0 Å². The van der Waals surface area contributed by atoms with E-state index in [0.29, 0.717) is 5.95 Å².